The van der Waals surface area contributed by atoms with E-state index >= 15 is 0 Å². The number of hydrogen-bond acceptors (Lipinski definition) is 0. The predicted octanol–water partition coefficient (Wildman–Crippen LogP) is 2.43. The normalized spacial score (nSPS) is 9.82. The Hall–Kier alpha value is 0.392. The van der Waals surface area contributed by atoms with Gasteiger partial charge in [0.05, 0.1) is 0 Å². The zero-order valence-electron chi connectivity index (χ0n) is 6.58. The van der Waals surface area contributed by atoms with Crippen LogP contribution in [0, 0.1) is 0 Å². The van der Waals surface area contributed by atoms with Gasteiger partial charge in [-0.1, -0.05) is 32.6 Å². The molecule has 0 radical (unpaired) electrons. The molecule has 3 heteroatoms. The second kappa shape index (κ2) is 10.4. The summed E-state index contributed by atoms with van der Waals surface area (Å²) < 4.78 is 23.1. The number of rotatable bonds is 6. The maximum absolute atomic E-state index is 11.5. The molecule has 0 aromatic rings. The Balaban J connectivity index is 0. The zero-order chi connectivity index (χ0) is 7.82. The van der Waals surface area contributed by atoms with Crippen LogP contribution in [0.25, 0.3) is 0 Å². The van der Waals surface area contributed by atoms with Crippen molar-refractivity contribution >= 4 is 17.4 Å². The molecule has 0 aliphatic heterocycles. The van der Waals surface area contributed by atoms with Crippen LogP contribution in [0.3, 0.4) is 0 Å². The van der Waals surface area contributed by atoms with Crippen LogP contribution in [0.1, 0.15) is 45.4 Å². The van der Waals surface area contributed by atoms with Crippen LogP contribution < -0.4 is 0 Å². The Morgan fingerprint density at radius 1 is 1.00 bits per heavy atom. The Morgan fingerprint density at radius 3 is 2.00 bits per heavy atom. The molecule has 0 saturated carbocycles. The average Bonchev–Trinajstić information content (AvgIpc) is 1.87. The van der Waals surface area contributed by atoms with Crippen LogP contribution in [0.4, 0.5) is 8.78 Å². The van der Waals surface area contributed by atoms with Gasteiger partial charge in [0.25, 0.3) is 0 Å². The van der Waals surface area contributed by atoms with Crippen molar-refractivity contribution in [1.82, 2.24) is 0 Å². The lowest BCUT2D eigenvalue weighted by Gasteiger charge is -1.98. The summed E-state index contributed by atoms with van der Waals surface area (Å²) in [5, 5.41) is 0. The Bertz CT molecular complexity index is 67.1. The molecule has 0 amide bonds. The molecule has 0 rings (SSSR count). The van der Waals surface area contributed by atoms with Gasteiger partial charge in [-0.05, 0) is 6.42 Å². The Kier molecular flexibility index (Phi) is 13.2. The molecule has 0 aromatic carbocycles. The van der Waals surface area contributed by atoms with Gasteiger partial charge in [0.15, 0.2) is 17.4 Å². The summed E-state index contributed by atoms with van der Waals surface area (Å²) in [5.74, 6) is 0. The first kappa shape index (κ1) is 13.9. The van der Waals surface area contributed by atoms with E-state index in [-0.39, 0.29) is 23.8 Å². The minimum absolute atomic E-state index is 0. The number of halogens is 2. The lowest BCUT2D eigenvalue weighted by Crippen LogP contribution is -1.89. The van der Waals surface area contributed by atoms with Crippen LogP contribution in [-0.2, 0) is 0 Å². The van der Waals surface area contributed by atoms with Gasteiger partial charge in [-0.2, -0.15) is 0 Å². The lowest BCUT2D eigenvalue weighted by atomic mass is 10.1. The minimum atomic E-state index is -2.10. The number of alkyl halides is 2. The molecule has 0 fully saturated rings. The highest BCUT2D eigenvalue weighted by Crippen LogP contribution is 2.09. The molecule has 0 saturated heterocycles. The van der Waals surface area contributed by atoms with Crippen molar-refractivity contribution in [2.24, 2.45) is 0 Å². The van der Waals surface area contributed by atoms with Crippen molar-refractivity contribution in [3.05, 3.63) is 0 Å². The van der Waals surface area contributed by atoms with Gasteiger partial charge in [0, 0.05) is 6.42 Å². The third-order valence-electron chi connectivity index (χ3n) is 1.53. The maximum Gasteiger partial charge on any atom is 0.238 e. The van der Waals surface area contributed by atoms with E-state index in [1.165, 1.54) is 12.8 Å². The summed E-state index contributed by atoms with van der Waals surface area (Å²) in [6.45, 7) is 2.12. The Labute approximate surface area is 78.5 Å². The second-order valence-electron chi connectivity index (χ2n) is 2.59. The van der Waals surface area contributed by atoms with Crippen LogP contribution in [0.2, 0.25) is 0 Å². The van der Waals surface area contributed by atoms with E-state index in [0.717, 1.165) is 12.8 Å². The quantitative estimate of drug-likeness (QED) is 0.435. The molecule has 0 nitrogen and oxygen atoms in total. The Morgan fingerprint density at radius 2 is 1.55 bits per heavy atom. The highest BCUT2D eigenvalue weighted by atomic mass is 27.0. The molecule has 0 atom stereocenters. The first-order chi connectivity index (χ1) is 4.77. The van der Waals surface area contributed by atoms with Crippen molar-refractivity contribution in [2.75, 3.05) is 0 Å². The molecule has 68 valence electrons. The summed E-state index contributed by atoms with van der Waals surface area (Å²) in [6.07, 6.45) is 3.13. The average molecular weight is 180 g/mol. The van der Waals surface area contributed by atoms with Crippen LogP contribution >= 0.6 is 0 Å². The third-order valence-corrected chi connectivity index (χ3v) is 1.53. The molecular weight excluding hydrogens is 161 g/mol. The molecule has 0 aromatic heterocycles. The molecule has 0 aliphatic rings. The van der Waals surface area contributed by atoms with Gasteiger partial charge in [0.2, 0.25) is 6.43 Å². The summed E-state index contributed by atoms with van der Waals surface area (Å²) in [6, 6.07) is 0. The van der Waals surface area contributed by atoms with E-state index < -0.39 is 6.43 Å². The molecule has 0 N–H and O–H groups in total. The first-order valence-corrected chi connectivity index (χ1v) is 4.05. The van der Waals surface area contributed by atoms with Crippen molar-refractivity contribution in [3.63, 3.8) is 0 Å². The summed E-state index contributed by atoms with van der Waals surface area (Å²) in [5.41, 5.74) is 0. The van der Waals surface area contributed by atoms with E-state index in [2.05, 4.69) is 6.92 Å². The smallest absolute Gasteiger partial charge is 0.211 e. The summed E-state index contributed by atoms with van der Waals surface area (Å²) in [4.78, 5) is 0. The monoisotopic (exact) mass is 180 g/mol. The topological polar surface area (TPSA) is 0 Å². The van der Waals surface area contributed by atoms with Crippen LogP contribution in [-0.4, -0.2) is 23.8 Å². The highest BCUT2D eigenvalue weighted by molar-refractivity contribution is 5.75. The zero-order valence-corrected chi connectivity index (χ0v) is 6.58. The van der Waals surface area contributed by atoms with Crippen LogP contribution in [0.15, 0.2) is 0 Å². The number of hydrogen-bond donors (Lipinski definition) is 0. The number of unbranched alkanes of at least 4 members (excludes halogenated alkanes) is 4. The molecule has 0 bridgehead atoms. The van der Waals surface area contributed by atoms with E-state index in [4.69, 9.17) is 0 Å². The second-order valence-corrected chi connectivity index (χ2v) is 2.59. The van der Waals surface area contributed by atoms with Gasteiger partial charge in [-0.3, -0.25) is 0 Å². The highest BCUT2D eigenvalue weighted by Gasteiger charge is 1.99. The summed E-state index contributed by atoms with van der Waals surface area (Å²) >= 11 is 0. The maximum atomic E-state index is 11.5. The molecular formula is C8H19AlF2. The first-order valence-electron chi connectivity index (χ1n) is 4.05. The van der Waals surface area contributed by atoms with Crippen molar-refractivity contribution in [1.29, 1.82) is 0 Å². The minimum Gasteiger partial charge on any atom is -0.211 e. The molecule has 0 unspecified atom stereocenters. The standard InChI is InChI=1S/C8H16F2.Al.3H/c1-2-3-4-5-6-7-8(9)10;;;;/h8H,2-7H2,1H3;;;;. The molecule has 0 aliphatic carbocycles. The molecule has 0 spiro atoms. The fourth-order valence-corrected chi connectivity index (χ4v) is 0.902. The van der Waals surface area contributed by atoms with Gasteiger partial charge in [-0.15, -0.1) is 0 Å². The van der Waals surface area contributed by atoms with Gasteiger partial charge in [-0.25, -0.2) is 8.78 Å². The van der Waals surface area contributed by atoms with E-state index in [0.29, 0.717) is 6.42 Å². The summed E-state index contributed by atoms with van der Waals surface area (Å²) in [7, 11) is 0. The molecule has 0 heterocycles. The van der Waals surface area contributed by atoms with E-state index in [1.807, 2.05) is 0 Å². The van der Waals surface area contributed by atoms with Crippen molar-refractivity contribution in [2.45, 2.75) is 51.9 Å². The van der Waals surface area contributed by atoms with Crippen molar-refractivity contribution in [3.8, 4) is 0 Å². The van der Waals surface area contributed by atoms with Gasteiger partial charge in [0.1, 0.15) is 0 Å². The van der Waals surface area contributed by atoms with Gasteiger partial charge >= 0.3 is 0 Å². The van der Waals surface area contributed by atoms with Crippen molar-refractivity contribution < 1.29 is 8.78 Å². The fraction of sp³-hybridized carbons (Fsp3) is 1.00. The lowest BCUT2D eigenvalue weighted by molar-refractivity contribution is 0.133. The molecule has 11 heavy (non-hydrogen) atoms. The van der Waals surface area contributed by atoms with E-state index in [9.17, 15) is 8.78 Å². The predicted molar refractivity (Wildman–Crippen MR) is 49.3 cm³/mol. The fourth-order valence-electron chi connectivity index (χ4n) is 0.902. The largest absolute Gasteiger partial charge is 0.238 e. The SMILES string of the molecule is CCCCCCCC(F)F.[AlH3]. The van der Waals surface area contributed by atoms with Gasteiger partial charge < -0.3 is 0 Å². The third kappa shape index (κ3) is 13.4. The van der Waals surface area contributed by atoms with E-state index in [1.54, 1.807) is 0 Å². The van der Waals surface area contributed by atoms with Crippen LogP contribution in [0.5, 0.6) is 0 Å².